The van der Waals surface area contributed by atoms with E-state index in [-0.39, 0.29) is 5.41 Å². The third-order valence-corrected chi connectivity index (χ3v) is 7.01. The van der Waals surface area contributed by atoms with Crippen molar-refractivity contribution in [1.29, 1.82) is 0 Å². The first-order valence-electron chi connectivity index (χ1n) is 10.1. The molecule has 0 aliphatic rings. The number of rotatable bonds is 10. The van der Waals surface area contributed by atoms with Crippen molar-refractivity contribution in [2.24, 2.45) is 11.8 Å². The van der Waals surface area contributed by atoms with Gasteiger partial charge in [0.1, 0.15) is 11.5 Å². The van der Waals surface area contributed by atoms with Gasteiger partial charge in [0.15, 0.2) is 0 Å². The predicted molar refractivity (Wildman–Crippen MR) is 131 cm³/mol. The maximum Gasteiger partial charge on any atom is 0.147 e. The molecule has 0 bridgehead atoms. The third-order valence-electron chi connectivity index (χ3n) is 5.30. The molecule has 0 aliphatic heterocycles. The SMILES string of the molecule is CCC(C)COc1ccc(C(C)(C)c2cc(Br)c(OCC(C)CCl)c(Br)c2)cc1. The summed E-state index contributed by atoms with van der Waals surface area (Å²) < 4.78 is 13.7. The van der Waals surface area contributed by atoms with Crippen LogP contribution in [0.4, 0.5) is 0 Å². The fraction of sp³-hybridized carbons (Fsp3) is 0.500. The summed E-state index contributed by atoms with van der Waals surface area (Å²) in [4.78, 5) is 0. The van der Waals surface area contributed by atoms with Crippen molar-refractivity contribution < 1.29 is 9.47 Å². The number of ether oxygens (including phenoxy) is 2. The molecule has 0 aromatic heterocycles. The lowest BCUT2D eigenvalue weighted by molar-refractivity contribution is 0.256. The molecule has 29 heavy (non-hydrogen) atoms. The lowest BCUT2D eigenvalue weighted by Crippen LogP contribution is -2.19. The zero-order valence-corrected chi connectivity index (χ0v) is 21.8. The van der Waals surface area contributed by atoms with Crippen LogP contribution in [0, 0.1) is 11.8 Å². The summed E-state index contributed by atoms with van der Waals surface area (Å²) in [5, 5.41) is 0. The Morgan fingerprint density at radius 2 is 1.45 bits per heavy atom. The summed E-state index contributed by atoms with van der Waals surface area (Å²) in [7, 11) is 0. The average Bonchev–Trinajstić information content (AvgIpc) is 2.71. The molecule has 2 unspecified atom stereocenters. The second kappa shape index (κ2) is 11.1. The van der Waals surface area contributed by atoms with E-state index in [1.807, 2.05) is 0 Å². The van der Waals surface area contributed by atoms with Gasteiger partial charge < -0.3 is 9.47 Å². The van der Waals surface area contributed by atoms with E-state index < -0.39 is 0 Å². The highest BCUT2D eigenvalue weighted by Gasteiger charge is 2.25. The van der Waals surface area contributed by atoms with Gasteiger partial charge in [-0.25, -0.2) is 0 Å². The van der Waals surface area contributed by atoms with Crippen molar-refractivity contribution in [2.45, 2.75) is 46.5 Å². The fourth-order valence-electron chi connectivity index (χ4n) is 2.82. The molecule has 0 heterocycles. The first-order valence-corrected chi connectivity index (χ1v) is 12.2. The zero-order chi connectivity index (χ0) is 21.6. The normalized spacial score (nSPS) is 13.8. The van der Waals surface area contributed by atoms with E-state index in [1.54, 1.807) is 0 Å². The molecule has 0 N–H and O–H groups in total. The number of hydrogen-bond acceptors (Lipinski definition) is 2. The molecule has 0 radical (unpaired) electrons. The van der Waals surface area contributed by atoms with E-state index in [0.717, 1.165) is 33.5 Å². The molecule has 5 heteroatoms. The van der Waals surface area contributed by atoms with Crippen molar-refractivity contribution in [1.82, 2.24) is 0 Å². The van der Waals surface area contributed by atoms with Crippen LogP contribution in [-0.2, 0) is 5.41 Å². The van der Waals surface area contributed by atoms with Crippen LogP contribution in [0.2, 0.25) is 0 Å². The van der Waals surface area contributed by atoms with Gasteiger partial charge in [-0.05, 0) is 73.2 Å². The average molecular weight is 547 g/mol. The Hall–Kier alpha value is -0.710. The van der Waals surface area contributed by atoms with Crippen LogP contribution < -0.4 is 9.47 Å². The van der Waals surface area contributed by atoms with E-state index >= 15 is 0 Å². The largest absolute Gasteiger partial charge is 0.493 e. The van der Waals surface area contributed by atoms with E-state index in [0.29, 0.717) is 24.3 Å². The predicted octanol–water partition coefficient (Wildman–Crippen LogP) is 8.22. The molecule has 0 amide bonds. The Morgan fingerprint density at radius 1 is 0.897 bits per heavy atom. The number of benzene rings is 2. The van der Waals surface area contributed by atoms with E-state index in [2.05, 4.69) is 103 Å². The molecule has 2 atom stereocenters. The molecule has 0 aliphatic carbocycles. The van der Waals surface area contributed by atoms with Crippen LogP contribution in [-0.4, -0.2) is 19.1 Å². The number of halogens is 3. The summed E-state index contributed by atoms with van der Waals surface area (Å²) in [5.74, 6) is 3.18. The fourth-order valence-corrected chi connectivity index (χ4v) is 4.32. The maximum absolute atomic E-state index is 5.97. The second-order valence-corrected chi connectivity index (χ2v) is 10.3. The van der Waals surface area contributed by atoms with Crippen molar-refractivity contribution in [3.63, 3.8) is 0 Å². The third kappa shape index (κ3) is 6.63. The highest BCUT2D eigenvalue weighted by molar-refractivity contribution is 9.11. The summed E-state index contributed by atoms with van der Waals surface area (Å²) in [5.41, 5.74) is 2.27. The molecule has 160 valence electrons. The van der Waals surface area contributed by atoms with Gasteiger partial charge in [0.05, 0.1) is 22.2 Å². The van der Waals surface area contributed by atoms with E-state index in [4.69, 9.17) is 21.1 Å². The van der Waals surface area contributed by atoms with E-state index in [9.17, 15) is 0 Å². The summed E-state index contributed by atoms with van der Waals surface area (Å²) >= 11 is 13.3. The Kier molecular flexibility index (Phi) is 9.37. The van der Waals surface area contributed by atoms with Crippen LogP contribution in [0.5, 0.6) is 11.5 Å². The molecular formula is C24H31Br2ClO2. The van der Waals surface area contributed by atoms with Gasteiger partial charge >= 0.3 is 0 Å². The highest BCUT2D eigenvalue weighted by atomic mass is 79.9. The standard InChI is InChI=1S/C24H31Br2ClO2/c1-6-16(2)14-28-20-9-7-18(8-10-20)24(4,5)19-11-21(25)23(22(26)12-19)29-15-17(3)13-27/h7-12,16-17H,6,13-15H2,1-5H3. The van der Waals surface area contributed by atoms with Crippen LogP contribution in [0.3, 0.4) is 0 Å². The molecule has 0 fully saturated rings. The number of hydrogen-bond donors (Lipinski definition) is 0. The lowest BCUT2D eigenvalue weighted by atomic mass is 9.78. The Morgan fingerprint density at radius 3 is 1.97 bits per heavy atom. The summed E-state index contributed by atoms with van der Waals surface area (Å²) in [6, 6.07) is 12.7. The van der Waals surface area contributed by atoms with Gasteiger partial charge in [-0.2, -0.15) is 0 Å². The summed E-state index contributed by atoms with van der Waals surface area (Å²) in [6.45, 7) is 12.3. The van der Waals surface area contributed by atoms with Crippen molar-refractivity contribution >= 4 is 43.5 Å². The Balaban J connectivity index is 2.19. The molecule has 2 aromatic carbocycles. The minimum Gasteiger partial charge on any atom is -0.493 e. The van der Waals surface area contributed by atoms with Crippen LogP contribution >= 0.6 is 43.5 Å². The topological polar surface area (TPSA) is 18.5 Å². The summed E-state index contributed by atoms with van der Waals surface area (Å²) in [6.07, 6.45) is 1.12. The minimum atomic E-state index is -0.164. The first kappa shape index (κ1) is 24.6. The monoisotopic (exact) mass is 544 g/mol. The minimum absolute atomic E-state index is 0.164. The molecule has 0 spiro atoms. The van der Waals surface area contributed by atoms with Gasteiger partial charge in [0, 0.05) is 17.2 Å². The van der Waals surface area contributed by atoms with Crippen LogP contribution in [0.1, 0.15) is 52.2 Å². The van der Waals surface area contributed by atoms with E-state index in [1.165, 1.54) is 11.1 Å². The van der Waals surface area contributed by atoms with Crippen molar-refractivity contribution in [3.8, 4) is 11.5 Å². The van der Waals surface area contributed by atoms with Crippen molar-refractivity contribution in [2.75, 3.05) is 19.1 Å². The molecule has 2 rings (SSSR count). The second-order valence-electron chi connectivity index (χ2n) is 8.31. The van der Waals surface area contributed by atoms with Gasteiger partial charge in [0.25, 0.3) is 0 Å². The highest BCUT2D eigenvalue weighted by Crippen LogP contribution is 2.41. The van der Waals surface area contributed by atoms with Crippen LogP contribution in [0.15, 0.2) is 45.3 Å². The maximum atomic E-state index is 5.97. The quantitative estimate of drug-likeness (QED) is 0.280. The number of alkyl halides is 1. The van der Waals surface area contributed by atoms with Gasteiger partial charge in [-0.1, -0.05) is 53.2 Å². The smallest absolute Gasteiger partial charge is 0.147 e. The van der Waals surface area contributed by atoms with Gasteiger partial charge in [0.2, 0.25) is 0 Å². The molecule has 0 saturated heterocycles. The van der Waals surface area contributed by atoms with Gasteiger partial charge in [-0.15, -0.1) is 11.6 Å². The Labute approximate surface area is 197 Å². The molecule has 0 saturated carbocycles. The molecule has 2 aromatic rings. The molecule has 2 nitrogen and oxygen atoms in total. The first-order chi connectivity index (χ1) is 13.7. The van der Waals surface area contributed by atoms with Gasteiger partial charge in [-0.3, -0.25) is 0 Å². The zero-order valence-electron chi connectivity index (χ0n) is 17.9. The Bertz CT molecular complexity index is 767. The van der Waals surface area contributed by atoms with Crippen LogP contribution in [0.25, 0.3) is 0 Å². The lowest BCUT2D eigenvalue weighted by Gasteiger charge is -2.27. The van der Waals surface area contributed by atoms with Crippen molar-refractivity contribution in [3.05, 3.63) is 56.5 Å². The molecular weight excluding hydrogens is 516 g/mol.